The second-order valence-corrected chi connectivity index (χ2v) is 7.55. The Labute approximate surface area is 136 Å². The summed E-state index contributed by atoms with van der Waals surface area (Å²) >= 11 is 12.1. The van der Waals surface area contributed by atoms with Crippen LogP contribution in [0.2, 0.25) is 10.0 Å². The Kier molecular flexibility index (Phi) is 6.09. The van der Waals surface area contributed by atoms with Gasteiger partial charge < -0.3 is 5.73 Å². The summed E-state index contributed by atoms with van der Waals surface area (Å²) in [4.78, 5) is -0.134. The van der Waals surface area contributed by atoms with E-state index in [1.807, 2.05) is 6.92 Å². The molecule has 0 spiro atoms. The molecule has 0 amide bonds. The van der Waals surface area contributed by atoms with Crippen LogP contribution in [0.5, 0.6) is 0 Å². The van der Waals surface area contributed by atoms with Crippen LogP contribution < -0.4 is 10.5 Å². The number of nitrogens with one attached hydrogen (secondary N) is 1. The van der Waals surface area contributed by atoms with Crippen LogP contribution in [0.25, 0.3) is 0 Å². The minimum atomic E-state index is -3.82. The van der Waals surface area contributed by atoms with E-state index in [9.17, 15) is 8.42 Å². The van der Waals surface area contributed by atoms with Gasteiger partial charge in [-0.3, -0.25) is 0 Å². The smallest absolute Gasteiger partial charge is 0.244 e. The van der Waals surface area contributed by atoms with Crippen LogP contribution >= 0.6 is 23.2 Å². The van der Waals surface area contributed by atoms with E-state index in [4.69, 9.17) is 28.9 Å². The Hall–Kier alpha value is -0.770. The van der Waals surface area contributed by atoms with Crippen molar-refractivity contribution in [2.45, 2.75) is 37.6 Å². The molecule has 0 radical (unpaired) electrons. The molecule has 1 aromatic rings. The lowest BCUT2D eigenvalue weighted by Gasteiger charge is -2.24. The first-order valence-corrected chi connectivity index (χ1v) is 8.59. The zero-order chi connectivity index (χ0) is 16.3. The highest BCUT2D eigenvalue weighted by Crippen LogP contribution is 2.31. The van der Waals surface area contributed by atoms with Gasteiger partial charge in [0.25, 0.3) is 0 Å². The number of benzene rings is 1. The molecule has 3 N–H and O–H groups in total. The topological polar surface area (TPSA) is 72.2 Å². The Balaban J connectivity index is 3.32. The minimum absolute atomic E-state index is 0.0308. The van der Waals surface area contributed by atoms with Gasteiger partial charge in [-0.1, -0.05) is 42.0 Å². The summed E-state index contributed by atoms with van der Waals surface area (Å²) in [6.07, 6.45) is 0.627. The predicted octanol–water partition coefficient (Wildman–Crippen LogP) is 2.77. The summed E-state index contributed by atoms with van der Waals surface area (Å²) in [6, 6.07) is 2.92. The molecule has 0 aliphatic carbocycles. The zero-order valence-corrected chi connectivity index (χ0v) is 14.5. The lowest BCUT2D eigenvalue weighted by Crippen LogP contribution is -2.42. The number of rotatable bonds is 4. The molecule has 0 bridgehead atoms. The van der Waals surface area contributed by atoms with Crippen molar-refractivity contribution in [2.75, 3.05) is 6.54 Å². The molecule has 4 nitrogen and oxygen atoms in total. The molecule has 116 valence electrons. The van der Waals surface area contributed by atoms with Gasteiger partial charge in [-0.05, 0) is 32.4 Å². The fourth-order valence-corrected chi connectivity index (χ4v) is 4.23. The normalized spacial score (nSPS) is 11.9. The molecular formula is C14H18Cl2N2O2S. The van der Waals surface area contributed by atoms with Crippen molar-refractivity contribution in [1.29, 1.82) is 0 Å². The summed E-state index contributed by atoms with van der Waals surface area (Å²) in [5, 5.41) is 0.0615. The summed E-state index contributed by atoms with van der Waals surface area (Å²) in [6.45, 7) is 5.65. The minimum Gasteiger partial charge on any atom is -0.320 e. The monoisotopic (exact) mass is 348 g/mol. The molecule has 21 heavy (non-hydrogen) atoms. The van der Waals surface area contributed by atoms with Gasteiger partial charge in [-0.25, -0.2) is 13.1 Å². The van der Waals surface area contributed by atoms with Crippen LogP contribution in [0.15, 0.2) is 17.0 Å². The van der Waals surface area contributed by atoms with Crippen molar-refractivity contribution < 1.29 is 8.42 Å². The van der Waals surface area contributed by atoms with Crippen LogP contribution in [0.3, 0.4) is 0 Å². The maximum Gasteiger partial charge on any atom is 0.244 e. The predicted molar refractivity (Wildman–Crippen MR) is 87.1 cm³/mol. The van der Waals surface area contributed by atoms with Gasteiger partial charge >= 0.3 is 0 Å². The van der Waals surface area contributed by atoms with E-state index in [1.165, 1.54) is 12.1 Å². The van der Waals surface area contributed by atoms with E-state index in [0.29, 0.717) is 12.0 Å². The molecule has 0 saturated carbocycles. The van der Waals surface area contributed by atoms with Crippen molar-refractivity contribution in [1.82, 2.24) is 4.72 Å². The third kappa shape index (κ3) is 4.87. The summed E-state index contributed by atoms with van der Waals surface area (Å²) in [5.41, 5.74) is 5.21. The standard InChI is InChI=1S/C14H18Cl2N2O2S/c1-4-14(2,3)18-21(19,20)13-11(15)8-10(6-5-7-17)9-12(13)16/h8-9,18H,4,7,17H2,1-3H3. The highest BCUT2D eigenvalue weighted by atomic mass is 35.5. The molecule has 0 fully saturated rings. The molecule has 0 aromatic heterocycles. The lowest BCUT2D eigenvalue weighted by molar-refractivity contribution is 0.439. The van der Waals surface area contributed by atoms with Crippen LogP contribution in [-0.4, -0.2) is 20.5 Å². The van der Waals surface area contributed by atoms with E-state index >= 15 is 0 Å². The SMILES string of the molecule is CCC(C)(C)NS(=O)(=O)c1c(Cl)cc(C#CCN)cc1Cl. The average Bonchev–Trinajstić information content (AvgIpc) is 2.33. The van der Waals surface area contributed by atoms with Gasteiger partial charge in [0, 0.05) is 11.1 Å². The van der Waals surface area contributed by atoms with Crippen LogP contribution in [0, 0.1) is 11.8 Å². The van der Waals surface area contributed by atoms with Crippen molar-refractivity contribution in [2.24, 2.45) is 5.73 Å². The summed E-state index contributed by atoms with van der Waals surface area (Å²) in [7, 11) is -3.82. The molecule has 0 unspecified atom stereocenters. The molecular weight excluding hydrogens is 331 g/mol. The maximum absolute atomic E-state index is 12.4. The Morgan fingerprint density at radius 1 is 1.29 bits per heavy atom. The quantitative estimate of drug-likeness (QED) is 0.821. The highest BCUT2D eigenvalue weighted by molar-refractivity contribution is 7.89. The summed E-state index contributed by atoms with van der Waals surface area (Å²) in [5.74, 6) is 5.42. The second kappa shape index (κ2) is 6.99. The third-order valence-corrected chi connectivity index (χ3v) is 5.52. The van der Waals surface area contributed by atoms with Crippen molar-refractivity contribution in [3.8, 4) is 11.8 Å². The van der Waals surface area contributed by atoms with Crippen molar-refractivity contribution in [3.63, 3.8) is 0 Å². The van der Waals surface area contributed by atoms with Gasteiger partial charge in [0.15, 0.2) is 0 Å². The number of hydrogen-bond donors (Lipinski definition) is 2. The summed E-state index contributed by atoms with van der Waals surface area (Å²) < 4.78 is 27.5. The fourth-order valence-electron chi connectivity index (χ4n) is 1.53. The van der Waals surface area contributed by atoms with E-state index in [1.54, 1.807) is 13.8 Å². The zero-order valence-electron chi connectivity index (χ0n) is 12.1. The number of sulfonamides is 1. The van der Waals surface area contributed by atoms with Gasteiger partial charge in [0.1, 0.15) is 4.90 Å². The molecule has 0 aliphatic rings. The van der Waals surface area contributed by atoms with Gasteiger partial charge in [0.05, 0.1) is 16.6 Å². The Morgan fingerprint density at radius 2 is 1.81 bits per heavy atom. The van der Waals surface area contributed by atoms with Gasteiger partial charge in [0.2, 0.25) is 10.0 Å². The average molecular weight is 349 g/mol. The van der Waals surface area contributed by atoms with E-state index in [2.05, 4.69) is 16.6 Å². The molecule has 0 atom stereocenters. The van der Waals surface area contributed by atoms with Crippen molar-refractivity contribution >= 4 is 33.2 Å². The lowest BCUT2D eigenvalue weighted by atomic mass is 10.0. The van der Waals surface area contributed by atoms with Crippen LogP contribution in [-0.2, 0) is 10.0 Å². The Morgan fingerprint density at radius 3 is 2.24 bits per heavy atom. The molecule has 0 heterocycles. The molecule has 0 saturated heterocycles. The van der Waals surface area contributed by atoms with E-state index < -0.39 is 15.6 Å². The van der Waals surface area contributed by atoms with E-state index in [-0.39, 0.29) is 21.5 Å². The highest BCUT2D eigenvalue weighted by Gasteiger charge is 2.28. The largest absolute Gasteiger partial charge is 0.320 e. The first kappa shape index (κ1) is 18.3. The van der Waals surface area contributed by atoms with Gasteiger partial charge in [-0.15, -0.1) is 0 Å². The molecule has 1 aromatic carbocycles. The first-order valence-electron chi connectivity index (χ1n) is 6.35. The van der Waals surface area contributed by atoms with Crippen LogP contribution in [0.4, 0.5) is 0 Å². The molecule has 0 aliphatic heterocycles. The number of halogens is 2. The Bertz CT molecular complexity index is 666. The fraction of sp³-hybridized carbons (Fsp3) is 0.429. The molecule has 1 rings (SSSR count). The first-order chi connectivity index (χ1) is 9.63. The van der Waals surface area contributed by atoms with Gasteiger partial charge in [-0.2, -0.15) is 0 Å². The van der Waals surface area contributed by atoms with Crippen molar-refractivity contribution in [3.05, 3.63) is 27.7 Å². The van der Waals surface area contributed by atoms with Crippen LogP contribution in [0.1, 0.15) is 32.8 Å². The second-order valence-electron chi connectivity index (χ2n) is 5.12. The third-order valence-electron chi connectivity index (χ3n) is 2.90. The number of hydrogen-bond acceptors (Lipinski definition) is 3. The van der Waals surface area contributed by atoms with E-state index in [0.717, 1.165) is 0 Å². The molecule has 7 heteroatoms. The number of nitrogens with two attached hydrogens (primary N) is 1. The maximum atomic E-state index is 12.4.